The summed E-state index contributed by atoms with van der Waals surface area (Å²) < 4.78 is 0. The molecule has 30 heavy (non-hydrogen) atoms. The van der Waals surface area contributed by atoms with Gasteiger partial charge in [0.2, 0.25) is 0 Å². The molecule has 0 saturated heterocycles. The van der Waals surface area contributed by atoms with Crippen molar-refractivity contribution in [1.29, 1.82) is 0 Å². The number of amides is 2. The second-order valence-corrected chi connectivity index (χ2v) is 7.28. The Morgan fingerprint density at radius 1 is 0.967 bits per heavy atom. The maximum absolute atomic E-state index is 13.5. The highest BCUT2D eigenvalue weighted by Crippen LogP contribution is 2.34. The zero-order chi connectivity index (χ0) is 20.5. The summed E-state index contributed by atoms with van der Waals surface area (Å²) in [4.78, 5) is 26.0. The molecular weight excluding hydrogens is 376 g/mol. The number of aliphatic hydroxyl groups excluding tert-OH is 1. The largest absolute Gasteiger partial charge is 0.392 e. The van der Waals surface area contributed by atoms with E-state index in [2.05, 4.69) is 4.98 Å². The summed E-state index contributed by atoms with van der Waals surface area (Å²) in [6.45, 7) is 0.774. The van der Waals surface area contributed by atoms with Gasteiger partial charge in [-0.25, -0.2) is 14.7 Å². The number of fused-ring (bicyclic) bond motifs is 2. The van der Waals surface area contributed by atoms with E-state index in [0.29, 0.717) is 24.6 Å². The molecule has 0 unspecified atom stereocenters. The van der Waals surface area contributed by atoms with E-state index in [1.807, 2.05) is 72.8 Å². The molecule has 0 radical (unpaired) electrons. The molecule has 0 aliphatic carbocycles. The van der Waals surface area contributed by atoms with Gasteiger partial charge in [0.05, 0.1) is 36.6 Å². The fourth-order valence-corrected chi connectivity index (χ4v) is 3.80. The Hall–Kier alpha value is -3.77. The molecule has 5 rings (SSSR count). The first kappa shape index (κ1) is 18.3. The van der Waals surface area contributed by atoms with Gasteiger partial charge in [0.25, 0.3) is 0 Å². The second-order valence-electron chi connectivity index (χ2n) is 7.28. The van der Waals surface area contributed by atoms with Gasteiger partial charge in [0, 0.05) is 17.1 Å². The Bertz CT molecular complexity index is 1240. The van der Waals surface area contributed by atoms with E-state index in [0.717, 1.165) is 27.7 Å². The number of anilines is 2. The summed E-state index contributed by atoms with van der Waals surface area (Å²) in [6, 6.07) is 23.0. The molecule has 6 nitrogen and oxygen atoms in total. The maximum atomic E-state index is 13.5. The normalized spacial score (nSPS) is 13.6. The van der Waals surface area contributed by atoms with Gasteiger partial charge < -0.3 is 10.0 Å². The molecule has 3 heterocycles. The van der Waals surface area contributed by atoms with Gasteiger partial charge in [0.1, 0.15) is 5.82 Å². The third-order valence-electron chi connectivity index (χ3n) is 5.26. The van der Waals surface area contributed by atoms with Crippen LogP contribution in [-0.2, 0) is 19.7 Å². The third-order valence-corrected chi connectivity index (χ3v) is 5.26. The van der Waals surface area contributed by atoms with Gasteiger partial charge in [-0.1, -0.05) is 42.5 Å². The Morgan fingerprint density at radius 2 is 1.87 bits per heavy atom. The Morgan fingerprint density at radius 3 is 2.77 bits per heavy atom. The minimum atomic E-state index is -0.161. The number of carbonyl (C=O) groups is 1. The minimum Gasteiger partial charge on any atom is -0.392 e. The molecule has 2 aromatic heterocycles. The van der Waals surface area contributed by atoms with Crippen molar-refractivity contribution in [2.45, 2.75) is 19.7 Å². The molecule has 0 bridgehead atoms. The van der Waals surface area contributed by atoms with Gasteiger partial charge in [-0.05, 0) is 35.9 Å². The summed E-state index contributed by atoms with van der Waals surface area (Å²) >= 11 is 0. The first-order valence-electron chi connectivity index (χ1n) is 9.80. The molecule has 1 N–H and O–H groups in total. The number of rotatable bonds is 4. The zero-order valence-electron chi connectivity index (χ0n) is 16.3. The number of hydrogen-bond donors (Lipinski definition) is 1. The number of carbonyl (C=O) groups excluding carboxylic acids is 1. The fraction of sp³-hybridized carbons (Fsp3) is 0.125. The number of hydrogen-bond acceptors (Lipinski definition) is 4. The number of aliphatic hydroxyl groups is 1. The van der Waals surface area contributed by atoms with Crippen LogP contribution >= 0.6 is 0 Å². The summed E-state index contributed by atoms with van der Waals surface area (Å²) in [7, 11) is 0. The molecule has 4 aromatic rings. The van der Waals surface area contributed by atoms with E-state index in [-0.39, 0.29) is 12.6 Å². The number of para-hydroxylation sites is 1. The molecule has 1 aliphatic heterocycles. The van der Waals surface area contributed by atoms with Crippen molar-refractivity contribution in [1.82, 2.24) is 14.9 Å². The maximum Gasteiger partial charge on any atom is 0.330 e. The van der Waals surface area contributed by atoms with Crippen molar-refractivity contribution in [2.24, 2.45) is 0 Å². The highest BCUT2D eigenvalue weighted by Gasteiger charge is 2.32. The van der Waals surface area contributed by atoms with Crippen LogP contribution in [0, 0.1) is 0 Å². The van der Waals surface area contributed by atoms with E-state index in [1.165, 1.54) is 0 Å². The summed E-state index contributed by atoms with van der Waals surface area (Å²) in [6.07, 6.45) is 1.69. The number of nitrogens with zero attached hydrogens (tertiary/aromatic N) is 4. The van der Waals surface area contributed by atoms with Gasteiger partial charge >= 0.3 is 6.03 Å². The van der Waals surface area contributed by atoms with Crippen LogP contribution in [-0.4, -0.2) is 26.0 Å². The Kier molecular flexibility index (Phi) is 4.61. The molecule has 1 aliphatic rings. The molecule has 2 amide bonds. The molecule has 2 aromatic carbocycles. The molecule has 0 saturated carbocycles. The summed E-state index contributed by atoms with van der Waals surface area (Å²) in [5.74, 6) is 0.625. The number of benzene rings is 2. The number of pyridine rings is 2. The lowest BCUT2D eigenvalue weighted by Gasteiger charge is -2.36. The molecular formula is C24H20N4O2. The summed E-state index contributed by atoms with van der Waals surface area (Å²) in [5, 5.41) is 10.6. The van der Waals surface area contributed by atoms with Crippen LogP contribution in [0.1, 0.15) is 16.8 Å². The van der Waals surface area contributed by atoms with E-state index in [1.54, 1.807) is 16.0 Å². The van der Waals surface area contributed by atoms with Crippen molar-refractivity contribution in [3.8, 4) is 0 Å². The summed E-state index contributed by atoms with van der Waals surface area (Å²) in [5.41, 5.74) is 4.13. The van der Waals surface area contributed by atoms with E-state index < -0.39 is 0 Å². The standard InChI is InChI=1S/C24H20N4O2/c29-16-17-5-3-8-21(13-17)28-23-19(7-4-12-25-23)14-27(24(28)30)15-20-11-10-18-6-1-2-9-22(18)26-20/h1-13,29H,14-16H2. The topological polar surface area (TPSA) is 69.6 Å². The van der Waals surface area contributed by atoms with Crippen molar-refractivity contribution in [2.75, 3.05) is 4.90 Å². The smallest absolute Gasteiger partial charge is 0.330 e. The van der Waals surface area contributed by atoms with Crippen molar-refractivity contribution in [3.63, 3.8) is 0 Å². The molecule has 0 fully saturated rings. The number of aromatic nitrogens is 2. The van der Waals surface area contributed by atoms with E-state index in [4.69, 9.17) is 4.98 Å². The second kappa shape index (κ2) is 7.57. The number of urea groups is 1. The monoisotopic (exact) mass is 396 g/mol. The molecule has 0 atom stereocenters. The molecule has 148 valence electrons. The van der Waals surface area contributed by atoms with Crippen LogP contribution in [0.25, 0.3) is 10.9 Å². The average molecular weight is 396 g/mol. The van der Waals surface area contributed by atoms with Crippen molar-refractivity contribution >= 4 is 28.4 Å². The minimum absolute atomic E-state index is 0.0876. The fourth-order valence-electron chi connectivity index (χ4n) is 3.80. The van der Waals surface area contributed by atoms with Crippen LogP contribution in [0.3, 0.4) is 0 Å². The third kappa shape index (κ3) is 3.27. The van der Waals surface area contributed by atoms with Gasteiger partial charge in [-0.15, -0.1) is 0 Å². The van der Waals surface area contributed by atoms with E-state index >= 15 is 0 Å². The first-order valence-corrected chi connectivity index (χ1v) is 9.80. The lowest BCUT2D eigenvalue weighted by Crippen LogP contribution is -2.44. The molecule has 0 spiro atoms. The van der Waals surface area contributed by atoms with Gasteiger partial charge in [-0.2, -0.15) is 0 Å². The van der Waals surface area contributed by atoms with Crippen LogP contribution in [0.4, 0.5) is 16.3 Å². The molecule has 6 heteroatoms. The van der Waals surface area contributed by atoms with Gasteiger partial charge in [0.15, 0.2) is 0 Å². The lowest BCUT2D eigenvalue weighted by molar-refractivity contribution is 0.197. The first-order chi connectivity index (χ1) is 14.7. The zero-order valence-corrected chi connectivity index (χ0v) is 16.3. The van der Waals surface area contributed by atoms with E-state index in [9.17, 15) is 9.90 Å². The Labute approximate surface area is 174 Å². The quantitative estimate of drug-likeness (QED) is 0.555. The van der Waals surface area contributed by atoms with Crippen molar-refractivity contribution < 1.29 is 9.90 Å². The highest BCUT2D eigenvalue weighted by molar-refractivity contribution is 6.00. The predicted molar refractivity (Wildman–Crippen MR) is 115 cm³/mol. The van der Waals surface area contributed by atoms with Gasteiger partial charge in [-0.3, -0.25) is 4.98 Å². The SMILES string of the molecule is O=C1N(Cc2ccc3ccccc3n2)Cc2cccnc2N1c1cccc(CO)c1. The van der Waals surface area contributed by atoms with Crippen LogP contribution in [0.2, 0.25) is 0 Å². The van der Waals surface area contributed by atoms with Crippen LogP contribution in [0.5, 0.6) is 0 Å². The predicted octanol–water partition coefficient (Wildman–Crippen LogP) is 4.40. The highest BCUT2D eigenvalue weighted by atomic mass is 16.3. The lowest BCUT2D eigenvalue weighted by atomic mass is 10.1. The average Bonchev–Trinajstić information content (AvgIpc) is 2.79. The van der Waals surface area contributed by atoms with Crippen LogP contribution < -0.4 is 4.90 Å². The van der Waals surface area contributed by atoms with Crippen molar-refractivity contribution in [3.05, 3.63) is 95.8 Å². The Balaban J connectivity index is 1.52. The van der Waals surface area contributed by atoms with Crippen LogP contribution in [0.15, 0.2) is 79.0 Å².